The molecule has 0 N–H and O–H groups in total. The molecule has 2 heterocycles. The van der Waals surface area contributed by atoms with Gasteiger partial charge >= 0.3 is 0 Å². The Morgan fingerprint density at radius 1 is 1.04 bits per heavy atom. The lowest BCUT2D eigenvalue weighted by Gasteiger charge is -2.35. The summed E-state index contributed by atoms with van der Waals surface area (Å²) in [4.78, 5) is 28.6. The second-order valence-electron chi connectivity index (χ2n) is 6.94. The van der Waals surface area contributed by atoms with Crippen LogP contribution in [0.3, 0.4) is 0 Å². The van der Waals surface area contributed by atoms with Crippen molar-refractivity contribution in [2.75, 3.05) is 26.2 Å². The van der Waals surface area contributed by atoms with E-state index in [0.29, 0.717) is 32.6 Å². The molecular weight excluding hydrogens is 302 g/mol. The molecule has 1 aliphatic carbocycles. The van der Waals surface area contributed by atoms with Crippen LogP contribution in [-0.4, -0.2) is 52.4 Å². The first-order valence-electron chi connectivity index (χ1n) is 8.73. The van der Waals surface area contributed by atoms with Gasteiger partial charge < -0.3 is 14.4 Å². The molecule has 5 nitrogen and oxygen atoms in total. The Morgan fingerprint density at radius 3 is 2.42 bits per heavy atom. The monoisotopic (exact) mass is 325 g/mol. The molecule has 0 radical (unpaired) electrons. The van der Waals surface area contributed by atoms with Crippen molar-refractivity contribution in [2.24, 2.45) is 13.0 Å². The zero-order chi connectivity index (χ0) is 16.7. The number of hydrogen-bond acceptors (Lipinski definition) is 2. The molecule has 1 aromatic heterocycles. The summed E-state index contributed by atoms with van der Waals surface area (Å²) in [5.74, 6) is 0.712. The standard InChI is InChI=1S/C19H23N3O2/c1-20-13-15(16-4-2-3-5-17(16)20)12-18(23)21-8-10-22(11-9-21)19(24)14-6-7-14/h2-5,13-14H,6-12H2,1H3. The summed E-state index contributed by atoms with van der Waals surface area (Å²) in [7, 11) is 2.01. The quantitative estimate of drug-likeness (QED) is 0.864. The zero-order valence-electron chi connectivity index (χ0n) is 14.1. The minimum atomic E-state index is 0.157. The van der Waals surface area contributed by atoms with Crippen LogP contribution in [0.4, 0.5) is 0 Å². The number of benzene rings is 1. The highest BCUT2D eigenvalue weighted by atomic mass is 16.2. The topological polar surface area (TPSA) is 45.6 Å². The number of para-hydroxylation sites is 1. The molecule has 2 aromatic rings. The molecule has 0 atom stereocenters. The SMILES string of the molecule is Cn1cc(CC(=O)N2CCN(C(=O)C3CC3)CC2)c2ccccc21. The lowest BCUT2D eigenvalue weighted by atomic mass is 10.1. The summed E-state index contributed by atoms with van der Waals surface area (Å²) in [5.41, 5.74) is 2.23. The molecular formula is C19H23N3O2. The van der Waals surface area contributed by atoms with E-state index in [9.17, 15) is 9.59 Å². The molecule has 2 amide bonds. The van der Waals surface area contributed by atoms with Crippen molar-refractivity contribution in [3.05, 3.63) is 36.0 Å². The van der Waals surface area contributed by atoms with Gasteiger partial charge in [-0.1, -0.05) is 18.2 Å². The van der Waals surface area contributed by atoms with Gasteiger partial charge in [0.1, 0.15) is 0 Å². The Kier molecular flexibility index (Phi) is 3.79. The van der Waals surface area contributed by atoms with E-state index in [4.69, 9.17) is 0 Å². The molecule has 0 bridgehead atoms. The van der Waals surface area contributed by atoms with E-state index in [1.807, 2.05) is 29.0 Å². The first-order chi connectivity index (χ1) is 11.6. The van der Waals surface area contributed by atoms with Crippen molar-refractivity contribution >= 4 is 22.7 Å². The van der Waals surface area contributed by atoms with E-state index in [0.717, 1.165) is 29.3 Å². The Morgan fingerprint density at radius 2 is 1.71 bits per heavy atom. The summed E-state index contributed by atoms with van der Waals surface area (Å²) < 4.78 is 2.07. The number of rotatable bonds is 3. The molecule has 1 saturated heterocycles. The van der Waals surface area contributed by atoms with E-state index >= 15 is 0 Å². The predicted molar refractivity (Wildman–Crippen MR) is 92.5 cm³/mol. The number of nitrogens with zero attached hydrogens (tertiary/aromatic N) is 3. The van der Waals surface area contributed by atoms with E-state index in [-0.39, 0.29) is 17.7 Å². The van der Waals surface area contributed by atoms with E-state index in [1.54, 1.807) is 0 Å². The van der Waals surface area contributed by atoms with E-state index < -0.39 is 0 Å². The van der Waals surface area contributed by atoms with Crippen LogP contribution < -0.4 is 0 Å². The van der Waals surface area contributed by atoms with Crippen LogP contribution in [0.5, 0.6) is 0 Å². The van der Waals surface area contributed by atoms with E-state index in [2.05, 4.69) is 22.9 Å². The fraction of sp³-hybridized carbons (Fsp3) is 0.474. The van der Waals surface area contributed by atoms with Crippen molar-refractivity contribution in [3.63, 3.8) is 0 Å². The Hall–Kier alpha value is -2.30. The fourth-order valence-electron chi connectivity index (χ4n) is 3.61. The average molecular weight is 325 g/mol. The molecule has 2 fully saturated rings. The second-order valence-corrected chi connectivity index (χ2v) is 6.94. The fourth-order valence-corrected chi connectivity index (χ4v) is 3.61. The van der Waals surface area contributed by atoms with Gasteiger partial charge in [-0.3, -0.25) is 9.59 Å². The van der Waals surface area contributed by atoms with Crippen LogP contribution >= 0.6 is 0 Å². The summed E-state index contributed by atoms with van der Waals surface area (Å²) in [5, 5.41) is 1.15. The summed E-state index contributed by atoms with van der Waals surface area (Å²) in [6.45, 7) is 2.66. The maximum Gasteiger partial charge on any atom is 0.227 e. The normalized spacial score (nSPS) is 18.2. The lowest BCUT2D eigenvalue weighted by Crippen LogP contribution is -2.51. The number of hydrogen-bond donors (Lipinski definition) is 0. The van der Waals surface area contributed by atoms with Crippen molar-refractivity contribution in [2.45, 2.75) is 19.3 Å². The highest BCUT2D eigenvalue weighted by Gasteiger charge is 2.35. The molecule has 0 unspecified atom stereocenters. The molecule has 126 valence electrons. The van der Waals surface area contributed by atoms with Gasteiger partial charge in [0, 0.05) is 56.2 Å². The van der Waals surface area contributed by atoms with Crippen LogP contribution in [0.15, 0.2) is 30.5 Å². The third kappa shape index (κ3) is 2.79. The van der Waals surface area contributed by atoms with Crippen molar-refractivity contribution < 1.29 is 9.59 Å². The molecule has 0 spiro atoms. The first kappa shape index (κ1) is 15.2. The van der Waals surface area contributed by atoms with Crippen LogP contribution in [0.1, 0.15) is 18.4 Å². The Balaban J connectivity index is 1.40. The minimum Gasteiger partial charge on any atom is -0.350 e. The van der Waals surface area contributed by atoms with Gasteiger partial charge in [0.25, 0.3) is 0 Å². The number of carbonyl (C=O) groups excluding carboxylic acids is 2. The average Bonchev–Trinajstić information content (AvgIpc) is 3.41. The third-order valence-electron chi connectivity index (χ3n) is 5.19. The third-order valence-corrected chi connectivity index (χ3v) is 5.19. The van der Waals surface area contributed by atoms with Crippen molar-refractivity contribution in [1.29, 1.82) is 0 Å². The van der Waals surface area contributed by atoms with Gasteiger partial charge in [0.2, 0.25) is 11.8 Å². The van der Waals surface area contributed by atoms with Gasteiger partial charge in [-0.2, -0.15) is 0 Å². The first-order valence-corrected chi connectivity index (χ1v) is 8.73. The number of amides is 2. The van der Waals surface area contributed by atoms with Gasteiger partial charge in [-0.05, 0) is 24.5 Å². The second kappa shape index (κ2) is 5.96. The van der Waals surface area contributed by atoms with Crippen LogP contribution in [-0.2, 0) is 23.1 Å². The largest absolute Gasteiger partial charge is 0.350 e. The van der Waals surface area contributed by atoms with Gasteiger partial charge in [-0.15, -0.1) is 0 Å². The van der Waals surface area contributed by atoms with Gasteiger partial charge in [0.05, 0.1) is 6.42 Å². The highest BCUT2D eigenvalue weighted by Crippen LogP contribution is 2.31. The predicted octanol–water partition coefficient (Wildman–Crippen LogP) is 1.80. The Bertz CT molecular complexity index is 783. The molecule has 1 saturated carbocycles. The summed E-state index contributed by atoms with van der Waals surface area (Å²) >= 11 is 0. The lowest BCUT2D eigenvalue weighted by molar-refractivity contribution is -0.139. The minimum absolute atomic E-state index is 0.157. The van der Waals surface area contributed by atoms with E-state index in [1.165, 1.54) is 0 Å². The number of piperazine rings is 1. The zero-order valence-corrected chi connectivity index (χ0v) is 14.1. The number of aryl methyl sites for hydroxylation is 1. The van der Waals surface area contributed by atoms with Crippen molar-refractivity contribution in [1.82, 2.24) is 14.4 Å². The van der Waals surface area contributed by atoms with Gasteiger partial charge in [0.15, 0.2) is 0 Å². The number of carbonyl (C=O) groups is 2. The molecule has 1 aliphatic heterocycles. The van der Waals surface area contributed by atoms with Crippen molar-refractivity contribution in [3.8, 4) is 0 Å². The van der Waals surface area contributed by atoms with Crippen LogP contribution in [0.25, 0.3) is 10.9 Å². The number of aromatic nitrogens is 1. The maximum atomic E-state index is 12.7. The highest BCUT2D eigenvalue weighted by molar-refractivity contribution is 5.89. The summed E-state index contributed by atoms with van der Waals surface area (Å²) in [6.07, 6.45) is 4.56. The van der Waals surface area contributed by atoms with Gasteiger partial charge in [-0.25, -0.2) is 0 Å². The molecule has 4 rings (SSSR count). The van der Waals surface area contributed by atoms with Crippen LogP contribution in [0, 0.1) is 5.92 Å². The molecule has 24 heavy (non-hydrogen) atoms. The summed E-state index contributed by atoms with van der Waals surface area (Å²) in [6, 6.07) is 8.18. The van der Waals surface area contributed by atoms with Crippen LogP contribution in [0.2, 0.25) is 0 Å². The molecule has 5 heteroatoms. The smallest absolute Gasteiger partial charge is 0.227 e. The molecule has 1 aromatic carbocycles. The number of fused-ring (bicyclic) bond motifs is 1. The maximum absolute atomic E-state index is 12.7. The molecule has 2 aliphatic rings. The Labute approximate surface area is 141 Å².